The molecule has 2 saturated carbocycles. The maximum absolute atomic E-state index is 12.4. The van der Waals surface area contributed by atoms with E-state index in [0.717, 1.165) is 68.2 Å². The van der Waals surface area contributed by atoms with Crippen LogP contribution in [0.5, 0.6) is 0 Å². The molecule has 5 aliphatic rings. The minimum absolute atomic E-state index is 0.119. The van der Waals surface area contributed by atoms with Gasteiger partial charge in [0.05, 0.1) is 24.1 Å². The van der Waals surface area contributed by atoms with Crippen molar-refractivity contribution in [3.05, 3.63) is 30.1 Å². The SMILES string of the molecule is CC(C)(C)OC(=O)CN1CCN(Cc2nc3ccccc3n2[C@H]2C[C@H]3CCC[C@@H](C2)N3[C@H]2C[C@@H]3CCC[C@@H](C3)C2)CC1. The number of nitrogens with zero attached hydrogens (tertiary/aromatic N) is 5. The van der Waals surface area contributed by atoms with Crippen molar-refractivity contribution in [2.75, 3.05) is 32.7 Å². The van der Waals surface area contributed by atoms with Gasteiger partial charge in [-0.3, -0.25) is 19.5 Å². The molecule has 4 heterocycles. The molecular weight excluding hydrogens is 522 g/mol. The first-order valence-electron chi connectivity index (χ1n) is 17.2. The molecule has 0 unspecified atom stereocenters. The molecule has 42 heavy (non-hydrogen) atoms. The van der Waals surface area contributed by atoms with E-state index in [1.54, 1.807) is 0 Å². The van der Waals surface area contributed by atoms with Crippen LogP contribution in [0, 0.1) is 11.8 Å². The second-order valence-electron chi connectivity index (χ2n) is 15.4. The van der Waals surface area contributed by atoms with Crippen LogP contribution in [0.15, 0.2) is 24.3 Å². The van der Waals surface area contributed by atoms with Crippen molar-refractivity contribution in [1.82, 2.24) is 24.3 Å². The zero-order valence-corrected chi connectivity index (χ0v) is 26.3. The van der Waals surface area contributed by atoms with E-state index in [1.807, 2.05) is 20.8 Å². The molecular formula is C35H53N5O2. The van der Waals surface area contributed by atoms with E-state index in [9.17, 15) is 4.79 Å². The highest BCUT2D eigenvalue weighted by molar-refractivity contribution is 5.76. The number of fused-ring (bicyclic) bond motifs is 5. The summed E-state index contributed by atoms with van der Waals surface area (Å²) in [6, 6.07) is 11.7. The van der Waals surface area contributed by atoms with Crippen LogP contribution in [-0.4, -0.2) is 86.7 Å². The molecule has 3 saturated heterocycles. The molecule has 230 valence electrons. The summed E-state index contributed by atoms with van der Waals surface area (Å²) in [6.45, 7) is 10.8. The predicted octanol–water partition coefficient (Wildman–Crippen LogP) is 6.02. The van der Waals surface area contributed by atoms with Gasteiger partial charge >= 0.3 is 5.97 Å². The quantitative estimate of drug-likeness (QED) is 0.393. The molecule has 1 aromatic carbocycles. The fourth-order valence-corrected chi connectivity index (χ4v) is 9.61. The summed E-state index contributed by atoms with van der Waals surface area (Å²) in [4.78, 5) is 25.5. The molecule has 0 amide bonds. The number of ether oxygens (including phenoxy) is 1. The maximum Gasteiger partial charge on any atom is 0.320 e. The Balaban J connectivity index is 1.05. The van der Waals surface area contributed by atoms with Crippen LogP contribution in [0.4, 0.5) is 0 Å². The molecule has 7 nitrogen and oxygen atoms in total. The van der Waals surface area contributed by atoms with Gasteiger partial charge in [-0.25, -0.2) is 4.98 Å². The topological polar surface area (TPSA) is 53.8 Å². The highest BCUT2D eigenvalue weighted by Gasteiger charge is 2.45. The number of hydrogen-bond acceptors (Lipinski definition) is 6. The summed E-state index contributed by atoms with van der Waals surface area (Å²) in [6.07, 6.45) is 15.6. The average molecular weight is 576 g/mol. The Morgan fingerprint density at radius 1 is 0.810 bits per heavy atom. The fraction of sp³-hybridized carbons (Fsp3) is 0.771. The van der Waals surface area contributed by atoms with Gasteiger partial charge in [0.2, 0.25) is 0 Å². The smallest absolute Gasteiger partial charge is 0.320 e. The first-order valence-corrected chi connectivity index (χ1v) is 17.2. The van der Waals surface area contributed by atoms with Gasteiger partial charge in [-0.1, -0.05) is 37.8 Å². The Hall–Kier alpha value is -1.96. The van der Waals surface area contributed by atoms with Gasteiger partial charge in [-0.15, -0.1) is 0 Å². The van der Waals surface area contributed by atoms with Gasteiger partial charge in [0, 0.05) is 50.3 Å². The van der Waals surface area contributed by atoms with Crippen molar-refractivity contribution in [2.24, 2.45) is 11.8 Å². The van der Waals surface area contributed by atoms with E-state index in [4.69, 9.17) is 9.72 Å². The van der Waals surface area contributed by atoms with Crippen molar-refractivity contribution in [2.45, 2.75) is 128 Å². The summed E-state index contributed by atoms with van der Waals surface area (Å²) in [5, 5.41) is 0. The molecule has 1 aromatic heterocycles. The number of benzene rings is 1. The normalized spacial score (nSPS) is 33.1. The van der Waals surface area contributed by atoms with E-state index >= 15 is 0 Å². The third kappa shape index (κ3) is 6.16. The first kappa shape index (κ1) is 28.8. The van der Waals surface area contributed by atoms with Gasteiger partial charge in [0.25, 0.3) is 0 Å². The Kier molecular flexibility index (Phi) is 8.12. The second kappa shape index (κ2) is 11.9. The molecule has 2 aromatic rings. The number of imidazole rings is 1. The monoisotopic (exact) mass is 575 g/mol. The zero-order chi connectivity index (χ0) is 28.8. The lowest BCUT2D eigenvalue weighted by Gasteiger charge is -2.55. The van der Waals surface area contributed by atoms with Crippen LogP contribution in [0.2, 0.25) is 0 Å². The number of rotatable bonds is 6. The number of hydrogen-bond donors (Lipinski definition) is 0. The van der Waals surface area contributed by atoms with E-state index in [0.29, 0.717) is 12.6 Å². The summed E-state index contributed by atoms with van der Waals surface area (Å²) in [5.41, 5.74) is 2.03. The van der Waals surface area contributed by atoms with Gasteiger partial charge in [0.1, 0.15) is 11.4 Å². The van der Waals surface area contributed by atoms with Crippen molar-refractivity contribution in [3.63, 3.8) is 0 Å². The summed E-state index contributed by atoms with van der Waals surface area (Å²) in [7, 11) is 0. The van der Waals surface area contributed by atoms with Crippen LogP contribution >= 0.6 is 0 Å². The third-order valence-corrected chi connectivity index (χ3v) is 11.2. The Morgan fingerprint density at radius 3 is 2.14 bits per heavy atom. The van der Waals surface area contributed by atoms with Gasteiger partial charge in [0.15, 0.2) is 0 Å². The molecule has 3 aliphatic heterocycles. The standard InChI is InChI=1S/C35H53N5O2/c1-35(2,3)42-34(41)24-38-16-14-37(15-17-38)23-33-36-31-12-4-5-13-32(31)40(33)30-21-27-10-7-11-28(22-30)39(27)29-19-25-8-6-9-26(18-25)20-29/h4-5,12-13,25-30H,6-11,14-24H2,1-3H3/t25-,26+,27-,28+,29+,30+. The number of piperidine rings is 2. The van der Waals surface area contributed by atoms with Crippen molar-refractivity contribution < 1.29 is 9.53 Å². The summed E-state index contributed by atoms with van der Waals surface area (Å²) >= 11 is 0. The third-order valence-electron chi connectivity index (χ3n) is 11.2. The molecule has 5 fully saturated rings. The lowest BCUT2D eigenvalue weighted by molar-refractivity contribution is -0.156. The number of piperazine rings is 1. The number of para-hydroxylation sites is 2. The second-order valence-corrected chi connectivity index (χ2v) is 15.4. The molecule has 7 rings (SSSR count). The molecule has 2 aliphatic carbocycles. The number of carbonyl (C=O) groups is 1. The summed E-state index contributed by atoms with van der Waals surface area (Å²) in [5.74, 6) is 3.11. The first-order chi connectivity index (χ1) is 20.3. The number of esters is 1. The highest BCUT2D eigenvalue weighted by atomic mass is 16.6. The van der Waals surface area contributed by atoms with Crippen LogP contribution in [-0.2, 0) is 16.1 Å². The van der Waals surface area contributed by atoms with Gasteiger partial charge < -0.3 is 9.30 Å². The highest BCUT2D eigenvalue weighted by Crippen LogP contribution is 2.48. The van der Waals surface area contributed by atoms with E-state index in [-0.39, 0.29) is 5.97 Å². The molecule has 0 N–H and O–H groups in total. The average Bonchev–Trinajstić information content (AvgIpc) is 3.30. The molecule has 7 heteroatoms. The minimum atomic E-state index is -0.429. The van der Waals surface area contributed by atoms with Gasteiger partial charge in [-0.2, -0.15) is 0 Å². The van der Waals surface area contributed by atoms with Crippen LogP contribution in [0.3, 0.4) is 0 Å². The Morgan fingerprint density at radius 2 is 1.45 bits per heavy atom. The van der Waals surface area contributed by atoms with Crippen molar-refractivity contribution in [3.8, 4) is 0 Å². The van der Waals surface area contributed by atoms with E-state index in [1.165, 1.54) is 82.0 Å². The molecule has 0 radical (unpaired) electrons. The van der Waals surface area contributed by atoms with Crippen LogP contribution in [0.1, 0.15) is 103 Å². The van der Waals surface area contributed by atoms with Crippen LogP contribution < -0.4 is 0 Å². The molecule has 4 bridgehead atoms. The lowest BCUT2D eigenvalue weighted by atomic mass is 9.68. The fourth-order valence-electron chi connectivity index (χ4n) is 9.61. The lowest BCUT2D eigenvalue weighted by Crippen LogP contribution is -2.58. The maximum atomic E-state index is 12.4. The Labute approximate surface area is 252 Å². The molecule has 0 spiro atoms. The largest absolute Gasteiger partial charge is 0.459 e. The number of carbonyl (C=O) groups excluding carboxylic acids is 1. The van der Waals surface area contributed by atoms with Crippen molar-refractivity contribution >= 4 is 17.0 Å². The van der Waals surface area contributed by atoms with Crippen molar-refractivity contribution in [1.29, 1.82) is 0 Å². The van der Waals surface area contributed by atoms with Crippen LogP contribution in [0.25, 0.3) is 11.0 Å². The zero-order valence-electron chi connectivity index (χ0n) is 26.3. The predicted molar refractivity (Wildman–Crippen MR) is 167 cm³/mol. The van der Waals surface area contributed by atoms with E-state index < -0.39 is 5.60 Å². The minimum Gasteiger partial charge on any atom is -0.459 e. The molecule has 6 atom stereocenters. The van der Waals surface area contributed by atoms with Gasteiger partial charge in [-0.05, 0) is 89.7 Å². The Bertz CT molecular complexity index is 1220. The van der Waals surface area contributed by atoms with E-state index in [2.05, 4.69) is 43.5 Å². The summed E-state index contributed by atoms with van der Waals surface area (Å²) < 4.78 is 8.23. The number of aromatic nitrogens is 2.